The molecule has 1 aromatic heterocycles. The van der Waals surface area contributed by atoms with E-state index in [0.29, 0.717) is 6.54 Å². The van der Waals surface area contributed by atoms with Gasteiger partial charge in [-0.15, -0.1) is 0 Å². The minimum atomic E-state index is -0.395. The maximum Gasteiger partial charge on any atom is 0.269 e. The minimum absolute atomic E-state index is 0.0976. The van der Waals surface area contributed by atoms with Crippen LogP contribution in [0.4, 0.5) is 5.69 Å². The lowest BCUT2D eigenvalue weighted by Crippen LogP contribution is -2.01. The molecule has 22 heavy (non-hydrogen) atoms. The van der Waals surface area contributed by atoms with Gasteiger partial charge in [-0.2, -0.15) is 0 Å². The van der Waals surface area contributed by atoms with Crippen molar-refractivity contribution < 1.29 is 4.92 Å². The first-order valence-electron chi connectivity index (χ1n) is 6.64. The van der Waals surface area contributed by atoms with Crippen molar-refractivity contribution in [1.29, 1.82) is 0 Å². The van der Waals surface area contributed by atoms with Crippen molar-refractivity contribution in [1.82, 2.24) is 9.55 Å². The molecule has 110 valence electrons. The molecule has 3 rings (SSSR count). The summed E-state index contributed by atoms with van der Waals surface area (Å²) in [6.07, 6.45) is 3.65. The summed E-state index contributed by atoms with van der Waals surface area (Å²) in [7, 11) is 0. The number of non-ortho nitro benzene ring substituents is 1. The molecule has 0 unspecified atom stereocenters. The largest absolute Gasteiger partial charge is 0.327 e. The number of imidazole rings is 1. The van der Waals surface area contributed by atoms with Crippen LogP contribution >= 0.6 is 15.9 Å². The Morgan fingerprint density at radius 1 is 1.14 bits per heavy atom. The molecule has 0 bridgehead atoms. The van der Waals surface area contributed by atoms with E-state index in [1.807, 2.05) is 35.0 Å². The van der Waals surface area contributed by atoms with Crippen LogP contribution < -0.4 is 0 Å². The lowest BCUT2D eigenvalue weighted by Gasteiger charge is -2.09. The molecule has 0 aliphatic rings. The fraction of sp³-hybridized carbons (Fsp3) is 0.0625. The summed E-state index contributed by atoms with van der Waals surface area (Å²) in [5, 5.41) is 10.7. The van der Waals surface area contributed by atoms with Crippen molar-refractivity contribution in [2.45, 2.75) is 6.54 Å². The summed E-state index contributed by atoms with van der Waals surface area (Å²) in [4.78, 5) is 14.7. The second-order valence-corrected chi connectivity index (χ2v) is 5.64. The summed E-state index contributed by atoms with van der Waals surface area (Å²) in [5.41, 5.74) is 2.09. The van der Waals surface area contributed by atoms with E-state index in [1.165, 1.54) is 12.1 Å². The number of halogens is 1. The van der Waals surface area contributed by atoms with Gasteiger partial charge in [0.15, 0.2) is 0 Å². The summed E-state index contributed by atoms with van der Waals surface area (Å²) >= 11 is 3.53. The van der Waals surface area contributed by atoms with Gasteiger partial charge in [-0.3, -0.25) is 10.1 Å². The fourth-order valence-corrected chi connectivity index (χ4v) is 2.71. The zero-order valence-electron chi connectivity index (χ0n) is 11.5. The van der Waals surface area contributed by atoms with Gasteiger partial charge < -0.3 is 4.57 Å². The van der Waals surface area contributed by atoms with Crippen LogP contribution in [0.2, 0.25) is 0 Å². The number of aromatic nitrogens is 2. The number of nitro groups is 1. The molecular formula is C16H12BrN3O2. The Hall–Kier alpha value is -2.47. The van der Waals surface area contributed by atoms with E-state index >= 15 is 0 Å². The van der Waals surface area contributed by atoms with Crippen LogP contribution in [0.5, 0.6) is 0 Å². The minimum Gasteiger partial charge on any atom is -0.327 e. The van der Waals surface area contributed by atoms with E-state index in [2.05, 4.69) is 20.9 Å². The first-order chi connectivity index (χ1) is 10.6. The summed E-state index contributed by atoms with van der Waals surface area (Å²) in [6.45, 7) is 0.606. The van der Waals surface area contributed by atoms with Gasteiger partial charge in [0.25, 0.3) is 5.69 Å². The molecule has 0 N–H and O–H groups in total. The van der Waals surface area contributed by atoms with Crippen LogP contribution in [0.15, 0.2) is 65.4 Å². The molecule has 0 aliphatic heterocycles. The molecule has 0 atom stereocenters. The molecule has 0 spiro atoms. The Labute approximate surface area is 135 Å². The second-order valence-electron chi connectivity index (χ2n) is 4.78. The predicted molar refractivity (Wildman–Crippen MR) is 87.6 cm³/mol. The van der Waals surface area contributed by atoms with Crippen molar-refractivity contribution in [3.8, 4) is 11.4 Å². The van der Waals surface area contributed by atoms with Crippen molar-refractivity contribution in [3.63, 3.8) is 0 Å². The average molecular weight is 358 g/mol. The molecule has 0 saturated heterocycles. The smallest absolute Gasteiger partial charge is 0.269 e. The van der Waals surface area contributed by atoms with Crippen LogP contribution in [-0.4, -0.2) is 14.5 Å². The third-order valence-corrected chi connectivity index (χ3v) is 4.02. The first-order valence-corrected chi connectivity index (χ1v) is 7.44. The van der Waals surface area contributed by atoms with Crippen LogP contribution in [0.1, 0.15) is 5.56 Å². The molecule has 0 amide bonds. The number of hydrogen-bond acceptors (Lipinski definition) is 3. The Morgan fingerprint density at radius 3 is 2.55 bits per heavy atom. The maximum absolute atomic E-state index is 10.7. The number of nitrogens with zero attached hydrogens (tertiary/aromatic N) is 3. The standard InChI is InChI=1S/C16H12BrN3O2/c17-15-4-2-1-3-14(15)16-18-9-10-19(16)11-12-5-7-13(8-6-12)20(21)22/h1-10H,11H2. The van der Waals surface area contributed by atoms with Gasteiger partial charge in [0.2, 0.25) is 0 Å². The Balaban J connectivity index is 1.90. The lowest BCUT2D eigenvalue weighted by molar-refractivity contribution is -0.384. The van der Waals surface area contributed by atoms with Crippen molar-refractivity contribution >= 4 is 21.6 Å². The molecule has 0 saturated carbocycles. The highest BCUT2D eigenvalue weighted by molar-refractivity contribution is 9.10. The topological polar surface area (TPSA) is 61.0 Å². The van der Waals surface area contributed by atoms with Crippen molar-refractivity contribution in [2.75, 3.05) is 0 Å². The monoisotopic (exact) mass is 357 g/mol. The number of benzene rings is 2. The summed E-state index contributed by atoms with van der Waals surface area (Å²) in [5.74, 6) is 0.853. The average Bonchev–Trinajstić information content (AvgIpc) is 2.96. The third kappa shape index (κ3) is 2.92. The van der Waals surface area contributed by atoms with Gasteiger partial charge in [0.1, 0.15) is 5.82 Å². The zero-order valence-corrected chi connectivity index (χ0v) is 13.1. The molecule has 6 heteroatoms. The molecular weight excluding hydrogens is 346 g/mol. The SMILES string of the molecule is O=[N+]([O-])c1ccc(Cn2ccnc2-c2ccccc2Br)cc1. The van der Waals surface area contributed by atoms with Gasteiger partial charge in [-0.25, -0.2) is 4.98 Å². The van der Waals surface area contributed by atoms with Gasteiger partial charge in [-0.05, 0) is 11.6 Å². The third-order valence-electron chi connectivity index (χ3n) is 3.33. The highest BCUT2D eigenvalue weighted by atomic mass is 79.9. The normalized spacial score (nSPS) is 10.6. The van der Waals surface area contributed by atoms with E-state index in [9.17, 15) is 10.1 Å². The van der Waals surface area contributed by atoms with E-state index < -0.39 is 4.92 Å². The first kappa shape index (κ1) is 14.5. The molecule has 0 radical (unpaired) electrons. The van der Waals surface area contributed by atoms with E-state index in [-0.39, 0.29) is 5.69 Å². The molecule has 3 aromatic rings. The number of rotatable bonds is 4. The second kappa shape index (κ2) is 6.11. The van der Waals surface area contributed by atoms with Gasteiger partial charge in [0, 0.05) is 41.1 Å². The van der Waals surface area contributed by atoms with Gasteiger partial charge in [-0.1, -0.05) is 46.3 Å². The molecule has 2 aromatic carbocycles. The van der Waals surface area contributed by atoms with E-state index in [4.69, 9.17) is 0 Å². The van der Waals surface area contributed by atoms with Crippen LogP contribution in [0, 0.1) is 10.1 Å². The molecule has 0 aliphatic carbocycles. The Kier molecular flexibility index (Phi) is 4.02. The summed E-state index contributed by atoms with van der Waals surface area (Å²) in [6, 6.07) is 14.5. The maximum atomic E-state index is 10.7. The van der Waals surface area contributed by atoms with Crippen LogP contribution in [0.25, 0.3) is 11.4 Å². The number of hydrogen-bond donors (Lipinski definition) is 0. The lowest BCUT2D eigenvalue weighted by atomic mass is 10.2. The van der Waals surface area contributed by atoms with Crippen molar-refractivity contribution in [3.05, 3.63) is 81.1 Å². The summed E-state index contributed by atoms with van der Waals surface area (Å²) < 4.78 is 2.99. The predicted octanol–water partition coefficient (Wildman–Crippen LogP) is 4.27. The molecule has 1 heterocycles. The Morgan fingerprint density at radius 2 is 1.86 bits per heavy atom. The molecule has 0 fully saturated rings. The number of nitro benzene ring substituents is 1. The zero-order chi connectivity index (χ0) is 15.5. The quantitative estimate of drug-likeness (QED) is 0.517. The fourth-order valence-electron chi connectivity index (χ4n) is 2.24. The molecule has 5 nitrogen and oxygen atoms in total. The van der Waals surface area contributed by atoms with Gasteiger partial charge >= 0.3 is 0 Å². The van der Waals surface area contributed by atoms with E-state index in [0.717, 1.165) is 21.4 Å². The highest BCUT2D eigenvalue weighted by Crippen LogP contribution is 2.27. The van der Waals surface area contributed by atoms with Crippen molar-refractivity contribution in [2.24, 2.45) is 0 Å². The van der Waals surface area contributed by atoms with Crippen LogP contribution in [0.3, 0.4) is 0 Å². The van der Waals surface area contributed by atoms with Gasteiger partial charge in [0.05, 0.1) is 4.92 Å². The highest BCUT2D eigenvalue weighted by Gasteiger charge is 2.10. The van der Waals surface area contributed by atoms with Crippen LogP contribution in [-0.2, 0) is 6.54 Å². The Bertz CT molecular complexity index is 812. The van der Waals surface area contributed by atoms with E-state index in [1.54, 1.807) is 18.3 Å².